The quantitative estimate of drug-likeness (QED) is 0.873. The molecule has 1 aromatic rings. The van der Waals surface area contributed by atoms with Crippen LogP contribution in [0.3, 0.4) is 0 Å². The zero-order valence-electron chi connectivity index (χ0n) is 14.3. The summed E-state index contributed by atoms with van der Waals surface area (Å²) < 4.78 is 5.23. The molecule has 132 valence electrons. The van der Waals surface area contributed by atoms with Gasteiger partial charge in [-0.1, -0.05) is 42.1 Å². The van der Waals surface area contributed by atoms with Gasteiger partial charge in [-0.2, -0.15) is 0 Å². The maximum absolute atomic E-state index is 12.2. The van der Waals surface area contributed by atoms with E-state index in [0.717, 1.165) is 6.42 Å². The molecule has 0 aliphatic heterocycles. The number of ether oxygens (including phenoxy) is 1. The predicted octanol–water partition coefficient (Wildman–Crippen LogP) is 3.37. The van der Waals surface area contributed by atoms with Crippen LogP contribution in [0.15, 0.2) is 30.3 Å². The van der Waals surface area contributed by atoms with Gasteiger partial charge in [0.05, 0.1) is 6.10 Å². The molecule has 3 atom stereocenters. The average molecular weight is 351 g/mol. The molecule has 1 aliphatic carbocycles. The Labute approximate surface area is 147 Å². The highest BCUT2D eigenvalue weighted by atomic mass is 32.2. The van der Waals surface area contributed by atoms with Crippen molar-refractivity contribution >= 4 is 23.0 Å². The fourth-order valence-electron chi connectivity index (χ4n) is 2.64. The average Bonchev–Trinajstić information content (AvgIpc) is 2.49. The first-order valence-electron chi connectivity index (χ1n) is 8.18. The van der Waals surface area contributed by atoms with Gasteiger partial charge >= 0.3 is 6.09 Å². The highest BCUT2D eigenvalue weighted by Crippen LogP contribution is 2.31. The van der Waals surface area contributed by atoms with Gasteiger partial charge in [0.25, 0.3) is 0 Å². The molecule has 1 unspecified atom stereocenters. The number of carbonyl (C=O) groups is 2. The molecule has 0 radical (unpaired) electrons. The molecule has 0 saturated heterocycles. The molecule has 0 bridgehead atoms. The van der Waals surface area contributed by atoms with Gasteiger partial charge in [-0.3, -0.25) is 4.79 Å². The number of rotatable bonds is 3. The van der Waals surface area contributed by atoms with Crippen molar-refractivity contribution < 1.29 is 19.4 Å². The van der Waals surface area contributed by atoms with Gasteiger partial charge in [0.15, 0.2) is 0 Å². The van der Waals surface area contributed by atoms with Crippen molar-refractivity contribution in [2.75, 3.05) is 0 Å². The molecule has 24 heavy (non-hydrogen) atoms. The summed E-state index contributed by atoms with van der Waals surface area (Å²) in [6, 6.07) is 8.94. The van der Waals surface area contributed by atoms with Crippen molar-refractivity contribution in [2.24, 2.45) is 0 Å². The van der Waals surface area contributed by atoms with Crippen LogP contribution in [-0.4, -0.2) is 39.3 Å². The lowest BCUT2D eigenvalue weighted by atomic mass is 9.92. The first kappa shape index (κ1) is 18.8. The van der Waals surface area contributed by atoms with E-state index in [4.69, 9.17) is 4.74 Å². The minimum absolute atomic E-state index is 0.0294. The SMILES string of the molecule is CC(C)(C)OC(=O)NC1CC[C@H](SC(=O)c2ccccc2)[C@@H](O)C1. The number of aliphatic hydroxyl groups excluding tert-OH is 1. The summed E-state index contributed by atoms with van der Waals surface area (Å²) in [5.41, 5.74) is 0.0985. The number of benzene rings is 1. The molecular weight excluding hydrogens is 326 g/mol. The zero-order chi connectivity index (χ0) is 17.7. The summed E-state index contributed by atoms with van der Waals surface area (Å²) >= 11 is 1.18. The van der Waals surface area contributed by atoms with E-state index in [1.54, 1.807) is 12.1 Å². The molecule has 1 fully saturated rings. The van der Waals surface area contributed by atoms with Gasteiger partial charge in [-0.05, 0) is 40.0 Å². The molecule has 2 N–H and O–H groups in total. The summed E-state index contributed by atoms with van der Waals surface area (Å²) in [5, 5.41) is 12.9. The lowest BCUT2D eigenvalue weighted by Crippen LogP contribution is -2.45. The Hall–Kier alpha value is -1.53. The number of carbonyl (C=O) groups excluding carboxylic acids is 2. The second kappa shape index (κ2) is 8.03. The number of hydrogen-bond acceptors (Lipinski definition) is 5. The molecule has 1 aliphatic rings. The maximum Gasteiger partial charge on any atom is 0.407 e. The third-order valence-corrected chi connectivity index (χ3v) is 5.05. The Morgan fingerprint density at radius 1 is 1.21 bits per heavy atom. The molecule has 0 aromatic heterocycles. The first-order valence-corrected chi connectivity index (χ1v) is 9.06. The number of hydrogen-bond donors (Lipinski definition) is 2. The van der Waals surface area contributed by atoms with Crippen LogP contribution in [0.25, 0.3) is 0 Å². The Bertz CT molecular complexity index is 570. The Morgan fingerprint density at radius 2 is 1.88 bits per heavy atom. The van der Waals surface area contributed by atoms with E-state index in [9.17, 15) is 14.7 Å². The van der Waals surface area contributed by atoms with Crippen molar-refractivity contribution in [3.8, 4) is 0 Å². The molecular formula is C18H25NO4S. The summed E-state index contributed by atoms with van der Waals surface area (Å²) in [5.74, 6) is 0. The van der Waals surface area contributed by atoms with Crippen LogP contribution in [0.1, 0.15) is 50.4 Å². The Morgan fingerprint density at radius 3 is 2.46 bits per heavy atom. The molecule has 5 nitrogen and oxygen atoms in total. The number of aliphatic hydroxyl groups is 1. The molecule has 1 amide bonds. The lowest BCUT2D eigenvalue weighted by Gasteiger charge is -2.33. The predicted molar refractivity (Wildman–Crippen MR) is 95.2 cm³/mol. The molecule has 1 saturated carbocycles. The molecule has 6 heteroatoms. The van der Waals surface area contributed by atoms with Crippen molar-refractivity contribution in [1.82, 2.24) is 5.32 Å². The van der Waals surface area contributed by atoms with Gasteiger partial charge in [-0.15, -0.1) is 0 Å². The fourth-order valence-corrected chi connectivity index (χ4v) is 3.71. The highest BCUT2D eigenvalue weighted by molar-refractivity contribution is 8.14. The van der Waals surface area contributed by atoms with E-state index in [1.807, 2.05) is 39.0 Å². The number of nitrogens with one attached hydrogen (secondary N) is 1. The minimum Gasteiger partial charge on any atom is -0.444 e. The second-order valence-corrected chi connectivity index (χ2v) is 8.25. The molecule has 0 spiro atoms. The third kappa shape index (κ3) is 5.83. The van der Waals surface area contributed by atoms with E-state index in [2.05, 4.69) is 5.32 Å². The zero-order valence-corrected chi connectivity index (χ0v) is 15.1. The highest BCUT2D eigenvalue weighted by Gasteiger charge is 2.32. The van der Waals surface area contributed by atoms with Crippen molar-refractivity contribution in [3.63, 3.8) is 0 Å². The molecule has 0 heterocycles. The van der Waals surface area contributed by atoms with Gasteiger partial charge in [0, 0.05) is 16.9 Å². The normalized spacial score (nSPS) is 24.2. The summed E-state index contributed by atoms with van der Waals surface area (Å²) in [6.45, 7) is 5.43. The largest absolute Gasteiger partial charge is 0.444 e. The van der Waals surface area contributed by atoms with Crippen molar-refractivity contribution in [3.05, 3.63) is 35.9 Å². The molecule has 2 rings (SSSR count). The van der Waals surface area contributed by atoms with E-state index in [-0.39, 0.29) is 16.4 Å². The van der Waals surface area contributed by atoms with Crippen molar-refractivity contribution in [2.45, 2.75) is 63.0 Å². The Balaban J connectivity index is 1.82. The topological polar surface area (TPSA) is 75.6 Å². The van der Waals surface area contributed by atoms with Crippen LogP contribution < -0.4 is 5.32 Å². The monoisotopic (exact) mass is 351 g/mol. The smallest absolute Gasteiger partial charge is 0.407 e. The van der Waals surface area contributed by atoms with E-state index in [1.165, 1.54) is 11.8 Å². The van der Waals surface area contributed by atoms with Crippen LogP contribution >= 0.6 is 11.8 Å². The first-order chi connectivity index (χ1) is 11.2. The van der Waals surface area contributed by atoms with Crippen LogP contribution in [0.5, 0.6) is 0 Å². The maximum atomic E-state index is 12.2. The standard InChI is InChI=1S/C18H25NO4S/c1-18(2,3)23-17(22)19-13-9-10-15(14(20)11-13)24-16(21)12-7-5-4-6-8-12/h4-8,13-15,20H,9-11H2,1-3H3,(H,19,22)/t13?,14-,15-/m0/s1. The summed E-state index contributed by atoms with van der Waals surface area (Å²) in [7, 11) is 0. The number of amides is 1. The second-order valence-electron chi connectivity index (χ2n) is 7.03. The van der Waals surface area contributed by atoms with Crippen LogP contribution in [-0.2, 0) is 4.74 Å². The van der Waals surface area contributed by atoms with E-state index < -0.39 is 17.8 Å². The fraction of sp³-hybridized carbons (Fsp3) is 0.556. The summed E-state index contributed by atoms with van der Waals surface area (Å²) in [6.07, 6.45) is 0.724. The van der Waals surface area contributed by atoms with Crippen LogP contribution in [0, 0.1) is 0 Å². The third-order valence-electron chi connectivity index (χ3n) is 3.74. The number of thioether (sulfide) groups is 1. The van der Waals surface area contributed by atoms with E-state index in [0.29, 0.717) is 18.4 Å². The number of alkyl carbamates (subject to hydrolysis) is 1. The van der Waals surface area contributed by atoms with Crippen LogP contribution in [0.4, 0.5) is 4.79 Å². The van der Waals surface area contributed by atoms with Crippen molar-refractivity contribution in [1.29, 1.82) is 0 Å². The van der Waals surface area contributed by atoms with E-state index >= 15 is 0 Å². The van der Waals surface area contributed by atoms with Gasteiger partial charge in [0.2, 0.25) is 5.12 Å². The summed E-state index contributed by atoms with van der Waals surface area (Å²) in [4.78, 5) is 24.0. The van der Waals surface area contributed by atoms with Gasteiger partial charge in [0.1, 0.15) is 5.60 Å². The van der Waals surface area contributed by atoms with Gasteiger partial charge in [-0.25, -0.2) is 4.79 Å². The van der Waals surface area contributed by atoms with Gasteiger partial charge < -0.3 is 15.2 Å². The van der Waals surface area contributed by atoms with Crippen LogP contribution in [0.2, 0.25) is 0 Å². The minimum atomic E-state index is -0.628. The Kier molecular flexibility index (Phi) is 6.29. The lowest BCUT2D eigenvalue weighted by molar-refractivity contribution is 0.0455. The molecule has 1 aromatic carbocycles.